The molecule has 1 atom stereocenters. The second-order valence-electron chi connectivity index (χ2n) is 4.46. The monoisotopic (exact) mass is 228 g/mol. The smallest absolute Gasteiger partial charge is 0.256 e. The summed E-state index contributed by atoms with van der Waals surface area (Å²) in [5.74, 6) is -3.31. The lowest BCUT2D eigenvalue weighted by Gasteiger charge is -2.02. The van der Waals surface area contributed by atoms with Gasteiger partial charge in [0.1, 0.15) is 0 Å². The topological polar surface area (TPSA) is 34.9 Å². The van der Waals surface area contributed by atoms with E-state index in [0.29, 0.717) is 17.0 Å². The normalized spacial score (nSPS) is 22.2. The van der Waals surface area contributed by atoms with E-state index in [1.165, 1.54) is 11.6 Å². The van der Waals surface area contributed by atoms with Crippen molar-refractivity contribution in [1.82, 2.24) is 9.78 Å². The number of Topliss-reactive ketones (excluding diaryl/α,β-unsaturated/α-hetero) is 1. The molecule has 0 amide bonds. The molecule has 0 saturated heterocycles. The van der Waals surface area contributed by atoms with Gasteiger partial charge in [0, 0.05) is 17.7 Å². The zero-order valence-electron chi connectivity index (χ0n) is 9.55. The van der Waals surface area contributed by atoms with E-state index in [4.69, 9.17) is 0 Å². The molecule has 1 aliphatic rings. The average Bonchev–Trinajstić information content (AvgIpc) is 2.63. The summed E-state index contributed by atoms with van der Waals surface area (Å²) in [4.78, 5) is 11.0. The quantitative estimate of drug-likeness (QED) is 0.795. The number of alkyl halides is 2. The van der Waals surface area contributed by atoms with E-state index < -0.39 is 11.8 Å². The molecule has 0 aliphatic heterocycles. The van der Waals surface area contributed by atoms with E-state index >= 15 is 0 Å². The van der Waals surface area contributed by atoms with Gasteiger partial charge < -0.3 is 0 Å². The molecule has 0 bridgehead atoms. The number of halogens is 2. The lowest BCUT2D eigenvalue weighted by Crippen LogP contribution is -2.09. The van der Waals surface area contributed by atoms with Gasteiger partial charge in [-0.1, -0.05) is 0 Å². The van der Waals surface area contributed by atoms with Crippen LogP contribution in [-0.2, 0) is 11.3 Å². The molecule has 1 aromatic heterocycles. The Morgan fingerprint density at radius 2 is 2.12 bits per heavy atom. The van der Waals surface area contributed by atoms with Crippen LogP contribution in [0.25, 0.3) is 0 Å². The van der Waals surface area contributed by atoms with Gasteiger partial charge >= 0.3 is 0 Å². The lowest BCUT2D eigenvalue weighted by molar-refractivity contribution is -0.117. The molecular formula is C11H14F2N2O. The number of nitrogens with zero attached hydrogens (tertiary/aromatic N) is 2. The van der Waals surface area contributed by atoms with Crippen LogP contribution in [0.1, 0.15) is 36.2 Å². The maximum atomic E-state index is 13.0. The molecule has 1 fully saturated rings. The molecule has 3 nitrogen and oxygen atoms in total. The van der Waals surface area contributed by atoms with Crippen LogP contribution in [0.5, 0.6) is 0 Å². The third-order valence-electron chi connectivity index (χ3n) is 2.98. The molecule has 1 aliphatic carbocycles. The Balaban J connectivity index is 2.33. The van der Waals surface area contributed by atoms with Crippen molar-refractivity contribution in [1.29, 1.82) is 0 Å². The fourth-order valence-electron chi connectivity index (χ4n) is 2.11. The van der Waals surface area contributed by atoms with E-state index in [2.05, 4.69) is 5.10 Å². The van der Waals surface area contributed by atoms with Gasteiger partial charge in [0.25, 0.3) is 5.92 Å². The van der Waals surface area contributed by atoms with Crippen LogP contribution in [0.4, 0.5) is 8.78 Å². The zero-order valence-corrected chi connectivity index (χ0v) is 9.55. The van der Waals surface area contributed by atoms with Gasteiger partial charge in [-0.25, -0.2) is 8.78 Å². The summed E-state index contributed by atoms with van der Waals surface area (Å²) in [5, 5.41) is 4.14. The van der Waals surface area contributed by atoms with Crippen molar-refractivity contribution in [3.05, 3.63) is 17.0 Å². The fraction of sp³-hybridized carbons (Fsp3) is 0.636. The van der Waals surface area contributed by atoms with Crippen molar-refractivity contribution in [2.24, 2.45) is 0 Å². The first-order valence-electron chi connectivity index (χ1n) is 5.24. The fourth-order valence-corrected chi connectivity index (χ4v) is 2.11. The highest BCUT2D eigenvalue weighted by Gasteiger charge is 2.59. The first-order chi connectivity index (χ1) is 7.33. The van der Waals surface area contributed by atoms with Crippen LogP contribution in [0.2, 0.25) is 0 Å². The van der Waals surface area contributed by atoms with Crippen LogP contribution in [-0.4, -0.2) is 21.5 Å². The molecule has 1 aromatic rings. The molecule has 1 heterocycles. The number of carbonyl (C=O) groups excluding carboxylic acids is 1. The number of rotatable bonds is 3. The first kappa shape index (κ1) is 11.2. The molecule has 88 valence electrons. The molecule has 0 radical (unpaired) electrons. The number of ketones is 1. The van der Waals surface area contributed by atoms with Crippen LogP contribution in [0.15, 0.2) is 0 Å². The maximum Gasteiger partial charge on any atom is 0.256 e. The Morgan fingerprint density at radius 1 is 1.56 bits per heavy atom. The molecule has 2 rings (SSSR count). The summed E-state index contributed by atoms with van der Waals surface area (Å²) in [7, 11) is 0. The zero-order chi connectivity index (χ0) is 12.1. The predicted octanol–water partition coefficient (Wildman–Crippen LogP) is 2.21. The van der Waals surface area contributed by atoms with Crippen LogP contribution in [0, 0.1) is 13.8 Å². The van der Waals surface area contributed by atoms with Crippen molar-refractivity contribution in [2.75, 3.05) is 0 Å². The second kappa shape index (κ2) is 3.37. The van der Waals surface area contributed by atoms with Crippen LogP contribution < -0.4 is 0 Å². The summed E-state index contributed by atoms with van der Waals surface area (Å²) in [6.45, 7) is 5.08. The molecule has 1 saturated carbocycles. The van der Waals surface area contributed by atoms with Crippen molar-refractivity contribution >= 4 is 5.78 Å². The Bertz CT molecular complexity index is 451. The maximum absolute atomic E-state index is 13.0. The summed E-state index contributed by atoms with van der Waals surface area (Å²) in [5.41, 5.74) is 1.92. The summed E-state index contributed by atoms with van der Waals surface area (Å²) < 4.78 is 27.5. The van der Waals surface area contributed by atoms with E-state index in [9.17, 15) is 13.6 Å². The number of carbonyl (C=O) groups is 1. The van der Waals surface area contributed by atoms with Gasteiger partial charge in [0.05, 0.1) is 18.2 Å². The first-order valence-corrected chi connectivity index (χ1v) is 5.24. The molecule has 0 aromatic carbocycles. The highest BCUT2D eigenvalue weighted by atomic mass is 19.3. The second-order valence-corrected chi connectivity index (χ2v) is 4.46. The van der Waals surface area contributed by atoms with Gasteiger partial charge in [-0.15, -0.1) is 0 Å². The Kier molecular flexibility index (Phi) is 2.36. The van der Waals surface area contributed by atoms with Gasteiger partial charge in [0.2, 0.25) is 0 Å². The van der Waals surface area contributed by atoms with Crippen molar-refractivity contribution in [3.8, 4) is 0 Å². The number of aromatic nitrogens is 2. The largest absolute Gasteiger partial charge is 0.298 e. The van der Waals surface area contributed by atoms with Gasteiger partial charge in [0.15, 0.2) is 5.78 Å². The molecule has 0 N–H and O–H groups in total. The Labute approximate surface area is 92.4 Å². The molecule has 16 heavy (non-hydrogen) atoms. The molecule has 5 heteroatoms. The van der Waals surface area contributed by atoms with Crippen LogP contribution in [0.3, 0.4) is 0 Å². The summed E-state index contributed by atoms with van der Waals surface area (Å²) >= 11 is 0. The third kappa shape index (κ3) is 1.74. The Morgan fingerprint density at radius 3 is 2.56 bits per heavy atom. The van der Waals surface area contributed by atoms with E-state index in [1.54, 1.807) is 13.8 Å². The number of hydrogen-bond donors (Lipinski definition) is 0. The lowest BCUT2D eigenvalue weighted by atomic mass is 10.1. The minimum atomic E-state index is -2.58. The number of hydrogen-bond acceptors (Lipinski definition) is 2. The van der Waals surface area contributed by atoms with Crippen molar-refractivity contribution in [2.45, 2.75) is 45.6 Å². The summed E-state index contributed by atoms with van der Waals surface area (Å²) in [6, 6.07) is 0. The highest BCUT2D eigenvalue weighted by molar-refractivity contribution is 5.75. The number of aryl methyl sites for hydroxylation is 1. The standard InChI is InChI=1S/C11H14F2N2O/c1-6(16)5-15-8(3)10(7(2)14-15)9-4-11(9,12)13/h9H,4-5H2,1-3H3. The average molecular weight is 228 g/mol. The molecule has 1 unspecified atom stereocenters. The van der Waals surface area contributed by atoms with E-state index in [-0.39, 0.29) is 18.7 Å². The van der Waals surface area contributed by atoms with Gasteiger partial charge in [-0.3, -0.25) is 9.48 Å². The van der Waals surface area contributed by atoms with E-state index in [1.807, 2.05) is 0 Å². The highest BCUT2D eigenvalue weighted by Crippen LogP contribution is 2.57. The minimum absolute atomic E-state index is 0.0280. The van der Waals surface area contributed by atoms with Crippen molar-refractivity contribution in [3.63, 3.8) is 0 Å². The summed E-state index contributed by atoms with van der Waals surface area (Å²) in [6.07, 6.45) is -0.0968. The van der Waals surface area contributed by atoms with E-state index in [0.717, 1.165) is 0 Å². The van der Waals surface area contributed by atoms with Gasteiger partial charge in [-0.2, -0.15) is 5.10 Å². The minimum Gasteiger partial charge on any atom is -0.298 e. The third-order valence-corrected chi connectivity index (χ3v) is 2.98. The Hall–Kier alpha value is -1.26. The molecular weight excluding hydrogens is 214 g/mol. The predicted molar refractivity (Wildman–Crippen MR) is 54.7 cm³/mol. The van der Waals surface area contributed by atoms with Gasteiger partial charge in [-0.05, 0) is 20.8 Å². The van der Waals surface area contributed by atoms with Crippen molar-refractivity contribution < 1.29 is 13.6 Å². The SMILES string of the molecule is CC(=O)Cn1nc(C)c(C2CC2(F)F)c1C. The molecule has 0 spiro atoms. The van der Waals surface area contributed by atoms with Crippen LogP contribution >= 0.6 is 0 Å².